The number of hydrogen-bond acceptors (Lipinski definition) is 4. The van der Waals surface area contributed by atoms with Crippen LogP contribution >= 0.6 is 0 Å². The summed E-state index contributed by atoms with van der Waals surface area (Å²) in [4.78, 5) is 18.4. The van der Waals surface area contributed by atoms with Crippen molar-refractivity contribution >= 4 is 11.6 Å². The van der Waals surface area contributed by atoms with Gasteiger partial charge < -0.3 is 15.3 Å². The smallest absolute Gasteiger partial charge is 0.251 e. The average Bonchev–Trinajstić information content (AvgIpc) is 2.54. The minimum absolute atomic E-state index is 0.245. The molecule has 5 heteroatoms. The van der Waals surface area contributed by atoms with E-state index < -0.39 is 5.60 Å². The van der Waals surface area contributed by atoms with Gasteiger partial charge in [-0.2, -0.15) is 0 Å². The second-order valence-electron chi connectivity index (χ2n) is 6.37. The van der Waals surface area contributed by atoms with Gasteiger partial charge in [-0.3, -0.25) is 9.78 Å². The van der Waals surface area contributed by atoms with Crippen molar-refractivity contribution in [2.45, 2.75) is 45.1 Å². The van der Waals surface area contributed by atoms with Gasteiger partial charge in [0.15, 0.2) is 0 Å². The number of nitrogens with zero attached hydrogens (tertiary/aromatic N) is 2. The Hall–Kier alpha value is -1.62. The lowest BCUT2D eigenvalue weighted by Crippen LogP contribution is -2.47. The molecule has 1 fully saturated rings. The number of pyridine rings is 1. The number of nitrogens with one attached hydrogen (secondary N) is 1. The van der Waals surface area contributed by atoms with Crippen molar-refractivity contribution in [1.82, 2.24) is 10.3 Å². The van der Waals surface area contributed by atoms with Crippen LogP contribution in [0.1, 0.15) is 39.5 Å². The lowest BCUT2D eigenvalue weighted by atomic mass is 9.95. The van der Waals surface area contributed by atoms with E-state index in [2.05, 4.69) is 15.2 Å². The maximum Gasteiger partial charge on any atom is 0.251 e. The molecule has 122 valence electrons. The molecule has 0 saturated carbocycles. The fourth-order valence-electron chi connectivity index (χ4n) is 2.98. The third-order valence-electron chi connectivity index (χ3n) is 4.42. The third-order valence-corrected chi connectivity index (χ3v) is 4.42. The van der Waals surface area contributed by atoms with Crippen molar-refractivity contribution in [2.24, 2.45) is 5.92 Å². The number of aliphatic hydroxyl groups is 1. The molecular formula is C17H27N3O2. The molecule has 1 amide bonds. The van der Waals surface area contributed by atoms with Crippen LogP contribution in [0.15, 0.2) is 24.5 Å². The van der Waals surface area contributed by atoms with Crippen molar-refractivity contribution in [3.63, 3.8) is 0 Å². The topological polar surface area (TPSA) is 65.5 Å². The van der Waals surface area contributed by atoms with Gasteiger partial charge in [-0.25, -0.2) is 0 Å². The first kappa shape index (κ1) is 16.7. The Bertz CT molecular complexity index is 468. The number of hydrogen-bond donors (Lipinski definition) is 2. The number of rotatable bonds is 6. The molecule has 0 radical (unpaired) electrons. The molecule has 1 saturated heterocycles. The molecule has 0 aromatic carbocycles. The summed E-state index contributed by atoms with van der Waals surface area (Å²) in [6.07, 6.45) is 7.04. The molecule has 2 N–H and O–H groups in total. The van der Waals surface area contributed by atoms with Crippen LogP contribution in [0.3, 0.4) is 0 Å². The van der Waals surface area contributed by atoms with E-state index in [1.54, 1.807) is 6.92 Å². The maximum absolute atomic E-state index is 12.0. The molecule has 1 aliphatic rings. The highest BCUT2D eigenvalue weighted by Gasteiger charge is 2.29. The standard InChI is InChI=1S/C17H27N3O2/c1-3-8-17(2,22)16(21)19-13-14-6-11-20(12-7-14)15-4-9-18-10-5-15/h4-5,9-10,14,22H,3,6-8,11-13H2,1-2H3,(H,19,21). The quantitative estimate of drug-likeness (QED) is 0.843. The van der Waals surface area contributed by atoms with E-state index in [9.17, 15) is 9.90 Å². The normalized spacial score (nSPS) is 18.8. The van der Waals surface area contributed by atoms with Gasteiger partial charge >= 0.3 is 0 Å². The van der Waals surface area contributed by atoms with Crippen LogP contribution in [0.4, 0.5) is 5.69 Å². The van der Waals surface area contributed by atoms with Crippen LogP contribution in [-0.4, -0.2) is 41.2 Å². The van der Waals surface area contributed by atoms with E-state index >= 15 is 0 Å². The molecular weight excluding hydrogens is 278 g/mol. The number of carbonyl (C=O) groups is 1. The van der Waals surface area contributed by atoms with Crippen molar-refractivity contribution in [3.8, 4) is 0 Å². The summed E-state index contributed by atoms with van der Waals surface area (Å²) in [6.45, 7) is 6.21. The number of piperidine rings is 1. The molecule has 0 bridgehead atoms. The second kappa shape index (κ2) is 7.58. The Morgan fingerprint density at radius 1 is 1.41 bits per heavy atom. The maximum atomic E-state index is 12.0. The zero-order chi connectivity index (χ0) is 16.0. The summed E-state index contributed by atoms with van der Waals surface area (Å²) < 4.78 is 0. The Morgan fingerprint density at radius 2 is 2.05 bits per heavy atom. The number of anilines is 1. The van der Waals surface area contributed by atoms with Crippen LogP contribution in [0, 0.1) is 5.92 Å². The number of aromatic nitrogens is 1. The molecule has 1 aliphatic heterocycles. The summed E-state index contributed by atoms with van der Waals surface area (Å²) in [5.74, 6) is 0.241. The molecule has 22 heavy (non-hydrogen) atoms. The van der Waals surface area contributed by atoms with Crippen LogP contribution in [-0.2, 0) is 4.79 Å². The van der Waals surface area contributed by atoms with Crippen LogP contribution in [0.5, 0.6) is 0 Å². The van der Waals surface area contributed by atoms with Crippen molar-refractivity contribution < 1.29 is 9.90 Å². The van der Waals surface area contributed by atoms with E-state index in [4.69, 9.17) is 0 Å². The predicted octanol–water partition coefficient (Wildman–Crippen LogP) is 1.97. The highest BCUT2D eigenvalue weighted by molar-refractivity contribution is 5.84. The molecule has 5 nitrogen and oxygen atoms in total. The fourth-order valence-corrected chi connectivity index (χ4v) is 2.98. The van der Waals surface area contributed by atoms with Gasteiger partial charge in [0.1, 0.15) is 5.60 Å². The van der Waals surface area contributed by atoms with Gasteiger partial charge in [0.25, 0.3) is 5.91 Å². The van der Waals surface area contributed by atoms with E-state index in [1.807, 2.05) is 31.5 Å². The Labute approximate surface area is 132 Å². The van der Waals surface area contributed by atoms with Gasteiger partial charge in [-0.05, 0) is 44.2 Å². The Balaban J connectivity index is 1.75. The summed E-state index contributed by atoms with van der Waals surface area (Å²) in [7, 11) is 0. The zero-order valence-electron chi connectivity index (χ0n) is 13.6. The molecule has 2 heterocycles. The Kier molecular flexibility index (Phi) is 5.77. The zero-order valence-corrected chi connectivity index (χ0v) is 13.6. The number of amides is 1. The molecule has 2 rings (SSSR count). The van der Waals surface area contributed by atoms with Crippen LogP contribution in [0.25, 0.3) is 0 Å². The van der Waals surface area contributed by atoms with E-state index in [0.717, 1.165) is 32.4 Å². The molecule has 1 atom stereocenters. The van der Waals surface area contributed by atoms with Gasteiger partial charge in [0.05, 0.1) is 0 Å². The second-order valence-corrected chi connectivity index (χ2v) is 6.37. The van der Waals surface area contributed by atoms with Crippen molar-refractivity contribution in [2.75, 3.05) is 24.5 Å². The fraction of sp³-hybridized carbons (Fsp3) is 0.647. The van der Waals surface area contributed by atoms with Crippen LogP contribution in [0.2, 0.25) is 0 Å². The van der Waals surface area contributed by atoms with Gasteiger partial charge in [0.2, 0.25) is 0 Å². The summed E-state index contributed by atoms with van der Waals surface area (Å²) in [6, 6.07) is 4.06. The molecule has 1 unspecified atom stereocenters. The largest absolute Gasteiger partial charge is 0.380 e. The van der Waals surface area contributed by atoms with Gasteiger partial charge in [0, 0.05) is 37.7 Å². The summed E-state index contributed by atoms with van der Waals surface area (Å²) in [5.41, 5.74) is -0.0321. The molecule has 0 spiro atoms. The molecule has 1 aromatic rings. The van der Waals surface area contributed by atoms with E-state index in [1.165, 1.54) is 5.69 Å². The average molecular weight is 305 g/mol. The Morgan fingerprint density at radius 3 is 2.64 bits per heavy atom. The van der Waals surface area contributed by atoms with Crippen molar-refractivity contribution in [1.29, 1.82) is 0 Å². The first-order valence-electron chi connectivity index (χ1n) is 8.18. The SMILES string of the molecule is CCCC(C)(O)C(=O)NCC1CCN(c2ccncc2)CC1. The lowest BCUT2D eigenvalue weighted by molar-refractivity contribution is -0.138. The summed E-state index contributed by atoms with van der Waals surface area (Å²) >= 11 is 0. The highest BCUT2D eigenvalue weighted by Crippen LogP contribution is 2.22. The minimum atomic E-state index is -1.24. The van der Waals surface area contributed by atoms with Gasteiger partial charge in [-0.15, -0.1) is 0 Å². The first-order valence-corrected chi connectivity index (χ1v) is 8.18. The van der Waals surface area contributed by atoms with E-state index in [0.29, 0.717) is 18.9 Å². The number of carbonyl (C=O) groups excluding carboxylic acids is 1. The highest BCUT2D eigenvalue weighted by atomic mass is 16.3. The first-order chi connectivity index (χ1) is 10.5. The lowest BCUT2D eigenvalue weighted by Gasteiger charge is -2.34. The monoisotopic (exact) mass is 305 g/mol. The molecule has 1 aromatic heterocycles. The summed E-state index contributed by atoms with van der Waals surface area (Å²) in [5, 5.41) is 13.0. The van der Waals surface area contributed by atoms with E-state index in [-0.39, 0.29) is 5.91 Å². The third kappa shape index (κ3) is 4.44. The van der Waals surface area contributed by atoms with Crippen molar-refractivity contribution in [3.05, 3.63) is 24.5 Å². The molecule has 0 aliphatic carbocycles. The minimum Gasteiger partial charge on any atom is -0.380 e. The van der Waals surface area contributed by atoms with Crippen LogP contribution < -0.4 is 10.2 Å². The van der Waals surface area contributed by atoms with Gasteiger partial charge in [-0.1, -0.05) is 13.3 Å². The predicted molar refractivity (Wildman–Crippen MR) is 87.7 cm³/mol.